The number of anilines is 1. The van der Waals surface area contributed by atoms with Gasteiger partial charge in [0.2, 0.25) is 0 Å². The molecule has 3 aromatic rings. The van der Waals surface area contributed by atoms with Gasteiger partial charge in [0.15, 0.2) is 5.82 Å². The lowest BCUT2D eigenvalue weighted by Gasteiger charge is -2.35. The maximum absolute atomic E-state index is 12.2. The molecule has 144 valence electrons. The molecule has 1 saturated carbocycles. The summed E-state index contributed by atoms with van der Waals surface area (Å²) in [6.45, 7) is 9.87. The number of carbonyl (C=O) groups excluding carboxylic acids is 1. The zero-order valence-corrected chi connectivity index (χ0v) is 17.5. The van der Waals surface area contributed by atoms with E-state index in [1.54, 1.807) is 11.3 Å². The molecule has 0 saturated heterocycles. The van der Waals surface area contributed by atoms with Crippen LogP contribution in [0.5, 0.6) is 0 Å². The van der Waals surface area contributed by atoms with Crippen molar-refractivity contribution in [1.29, 1.82) is 0 Å². The second kappa shape index (κ2) is 6.19. The quantitative estimate of drug-likeness (QED) is 0.679. The lowest BCUT2D eigenvalue weighted by atomic mass is 9.80. The standard InChI is InChI=1S/C20H26N4O2S/c1-10-7-11(2)21-18-14(10)15-16(27-18)17(23-24(15)6)22-13-8-12(9-13)19(25)26-20(3,4)5/h7,12-13H,8-9H2,1-6H3,(H,22,23). The number of nitrogens with one attached hydrogen (secondary N) is 1. The van der Waals surface area contributed by atoms with E-state index in [0.29, 0.717) is 0 Å². The van der Waals surface area contributed by atoms with Gasteiger partial charge >= 0.3 is 5.97 Å². The van der Waals surface area contributed by atoms with E-state index in [-0.39, 0.29) is 17.9 Å². The zero-order chi connectivity index (χ0) is 19.5. The first-order valence-corrected chi connectivity index (χ1v) is 10.2. The van der Waals surface area contributed by atoms with Gasteiger partial charge in [-0.2, -0.15) is 5.10 Å². The minimum atomic E-state index is -0.428. The van der Waals surface area contributed by atoms with E-state index in [9.17, 15) is 4.79 Å². The number of ether oxygens (including phenoxy) is 1. The van der Waals surface area contributed by atoms with Crippen LogP contribution in [0.1, 0.15) is 44.9 Å². The Kier molecular flexibility index (Phi) is 4.18. The molecular formula is C20H26N4O2S. The van der Waals surface area contributed by atoms with Gasteiger partial charge in [0.25, 0.3) is 0 Å². The summed E-state index contributed by atoms with van der Waals surface area (Å²) in [6, 6.07) is 2.37. The van der Waals surface area contributed by atoms with E-state index >= 15 is 0 Å². The first-order valence-electron chi connectivity index (χ1n) is 9.35. The Hall–Kier alpha value is -2.15. The van der Waals surface area contributed by atoms with Crippen molar-refractivity contribution in [3.05, 3.63) is 17.3 Å². The Labute approximate surface area is 162 Å². The summed E-state index contributed by atoms with van der Waals surface area (Å²) in [5.41, 5.74) is 2.97. The minimum Gasteiger partial charge on any atom is -0.460 e. The second-order valence-electron chi connectivity index (χ2n) is 8.56. The molecule has 0 unspecified atom stereocenters. The van der Waals surface area contributed by atoms with Gasteiger partial charge in [0, 0.05) is 24.2 Å². The number of hydrogen-bond donors (Lipinski definition) is 1. The van der Waals surface area contributed by atoms with Crippen LogP contribution < -0.4 is 5.32 Å². The van der Waals surface area contributed by atoms with Gasteiger partial charge in [-0.25, -0.2) is 4.98 Å². The molecule has 0 aliphatic heterocycles. The molecule has 1 aliphatic rings. The highest BCUT2D eigenvalue weighted by molar-refractivity contribution is 7.26. The zero-order valence-electron chi connectivity index (χ0n) is 16.7. The third-order valence-corrected chi connectivity index (χ3v) is 6.05. The average molecular weight is 387 g/mol. The molecule has 1 fully saturated rings. The van der Waals surface area contributed by atoms with Crippen LogP contribution in [0.3, 0.4) is 0 Å². The van der Waals surface area contributed by atoms with Gasteiger partial charge < -0.3 is 10.1 Å². The molecule has 4 rings (SSSR count). The van der Waals surface area contributed by atoms with E-state index in [1.165, 1.54) is 10.9 Å². The maximum atomic E-state index is 12.2. The molecule has 27 heavy (non-hydrogen) atoms. The van der Waals surface area contributed by atoms with Gasteiger partial charge in [-0.05, 0) is 59.1 Å². The Balaban J connectivity index is 1.54. The molecule has 7 heteroatoms. The largest absolute Gasteiger partial charge is 0.460 e. The highest BCUT2D eigenvalue weighted by Crippen LogP contribution is 2.40. The highest BCUT2D eigenvalue weighted by Gasteiger charge is 2.38. The van der Waals surface area contributed by atoms with Crippen molar-refractivity contribution < 1.29 is 9.53 Å². The predicted octanol–water partition coefficient (Wildman–Crippen LogP) is 4.33. The molecule has 0 aromatic carbocycles. The fourth-order valence-electron chi connectivity index (χ4n) is 3.74. The predicted molar refractivity (Wildman–Crippen MR) is 109 cm³/mol. The molecule has 0 radical (unpaired) electrons. The maximum Gasteiger partial charge on any atom is 0.309 e. The number of nitrogens with zero attached hydrogens (tertiary/aromatic N) is 3. The highest BCUT2D eigenvalue weighted by atomic mass is 32.1. The summed E-state index contributed by atoms with van der Waals surface area (Å²) in [7, 11) is 1.98. The van der Waals surface area contributed by atoms with Crippen LogP contribution in [-0.2, 0) is 16.6 Å². The summed E-state index contributed by atoms with van der Waals surface area (Å²) in [5, 5.41) is 9.40. The fourth-order valence-corrected chi connectivity index (χ4v) is 5.01. The minimum absolute atomic E-state index is 0.0186. The van der Waals surface area contributed by atoms with Crippen molar-refractivity contribution in [1.82, 2.24) is 14.8 Å². The normalized spacial score (nSPS) is 20.1. The number of hydrogen-bond acceptors (Lipinski definition) is 6. The SMILES string of the molecule is Cc1cc(C)c2c(n1)sc1c(NC3CC(C(=O)OC(C)(C)C)C3)nn(C)c12. The Bertz CT molecular complexity index is 1040. The molecule has 0 amide bonds. The van der Waals surface area contributed by atoms with E-state index in [2.05, 4.69) is 23.4 Å². The Morgan fingerprint density at radius 2 is 2.04 bits per heavy atom. The van der Waals surface area contributed by atoms with Crippen molar-refractivity contribution in [2.24, 2.45) is 13.0 Å². The number of fused-ring (bicyclic) bond motifs is 3. The van der Waals surface area contributed by atoms with E-state index in [4.69, 9.17) is 9.72 Å². The first kappa shape index (κ1) is 18.2. The first-order chi connectivity index (χ1) is 12.6. The Morgan fingerprint density at radius 1 is 1.33 bits per heavy atom. The summed E-state index contributed by atoms with van der Waals surface area (Å²) >= 11 is 1.68. The fraction of sp³-hybridized carbons (Fsp3) is 0.550. The number of esters is 1. The second-order valence-corrected chi connectivity index (χ2v) is 9.55. The van der Waals surface area contributed by atoms with Crippen LogP contribution in [0, 0.1) is 19.8 Å². The molecule has 1 aliphatic carbocycles. The molecule has 3 heterocycles. The molecule has 0 bridgehead atoms. The van der Waals surface area contributed by atoms with Crippen molar-refractivity contribution in [2.75, 3.05) is 5.32 Å². The molecular weight excluding hydrogens is 360 g/mol. The summed E-state index contributed by atoms with van der Waals surface area (Å²) < 4.78 is 8.55. The van der Waals surface area contributed by atoms with Crippen LogP contribution in [0.4, 0.5) is 5.82 Å². The van der Waals surface area contributed by atoms with Gasteiger partial charge in [0.1, 0.15) is 10.4 Å². The van der Waals surface area contributed by atoms with Crippen LogP contribution in [0.2, 0.25) is 0 Å². The lowest BCUT2D eigenvalue weighted by molar-refractivity contribution is -0.163. The summed E-state index contributed by atoms with van der Waals surface area (Å²) in [5.74, 6) is 0.777. The lowest BCUT2D eigenvalue weighted by Crippen LogP contribution is -2.42. The van der Waals surface area contributed by atoms with Gasteiger partial charge in [-0.15, -0.1) is 11.3 Å². The number of aryl methyl sites for hydroxylation is 3. The van der Waals surface area contributed by atoms with Gasteiger partial charge in [0.05, 0.1) is 16.1 Å². The van der Waals surface area contributed by atoms with Crippen molar-refractivity contribution in [3.63, 3.8) is 0 Å². The van der Waals surface area contributed by atoms with Crippen molar-refractivity contribution >= 4 is 43.6 Å². The molecule has 3 aromatic heterocycles. The van der Waals surface area contributed by atoms with Crippen LogP contribution in [0.15, 0.2) is 6.07 Å². The average Bonchev–Trinajstić information content (AvgIpc) is 2.98. The summed E-state index contributed by atoms with van der Waals surface area (Å²) in [4.78, 5) is 17.9. The number of carbonyl (C=O) groups is 1. The van der Waals surface area contributed by atoms with Crippen molar-refractivity contribution in [2.45, 2.75) is 59.1 Å². The monoisotopic (exact) mass is 386 g/mol. The van der Waals surface area contributed by atoms with Crippen LogP contribution in [0.25, 0.3) is 20.4 Å². The van der Waals surface area contributed by atoms with E-state index < -0.39 is 5.60 Å². The smallest absolute Gasteiger partial charge is 0.309 e. The van der Waals surface area contributed by atoms with Gasteiger partial charge in [-0.3, -0.25) is 9.48 Å². The Morgan fingerprint density at radius 3 is 2.70 bits per heavy atom. The third kappa shape index (κ3) is 3.29. The van der Waals surface area contributed by atoms with Crippen LogP contribution >= 0.6 is 11.3 Å². The number of pyridine rings is 1. The molecule has 0 spiro atoms. The van der Waals surface area contributed by atoms with E-state index in [1.807, 2.05) is 39.4 Å². The van der Waals surface area contributed by atoms with Gasteiger partial charge in [-0.1, -0.05) is 0 Å². The molecule has 1 N–H and O–H groups in total. The topological polar surface area (TPSA) is 69.0 Å². The molecule has 6 nitrogen and oxygen atoms in total. The summed E-state index contributed by atoms with van der Waals surface area (Å²) in [6.07, 6.45) is 1.57. The van der Waals surface area contributed by atoms with Crippen molar-refractivity contribution in [3.8, 4) is 0 Å². The number of thiophene rings is 1. The number of rotatable bonds is 3. The third-order valence-electron chi connectivity index (χ3n) is 4.97. The van der Waals surface area contributed by atoms with E-state index in [0.717, 1.165) is 39.4 Å². The number of aromatic nitrogens is 3. The molecule has 0 atom stereocenters. The van der Waals surface area contributed by atoms with Crippen LogP contribution in [-0.4, -0.2) is 32.4 Å².